The Kier molecular flexibility index (Phi) is 3.61. The molecule has 2 heterocycles. The number of halogens is 1. The molecule has 3 rings (SSSR count). The third-order valence-corrected chi connectivity index (χ3v) is 3.03. The molecule has 0 saturated carbocycles. The predicted octanol–water partition coefficient (Wildman–Crippen LogP) is 2.57. The van der Waals surface area contributed by atoms with E-state index in [1.54, 1.807) is 35.4 Å². The Bertz CT molecular complexity index is 755. The van der Waals surface area contributed by atoms with E-state index < -0.39 is 0 Å². The van der Waals surface area contributed by atoms with Gasteiger partial charge in [0.15, 0.2) is 0 Å². The fourth-order valence-electron chi connectivity index (χ4n) is 1.79. The normalized spacial score (nSPS) is 10.3. The van der Waals surface area contributed by atoms with Crippen LogP contribution < -0.4 is 5.32 Å². The number of anilines is 1. The Hall–Kier alpha value is -2.73. The molecule has 1 amide bonds. The Morgan fingerprint density at radius 3 is 2.67 bits per heavy atom. The summed E-state index contributed by atoms with van der Waals surface area (Å²) in [7, 11) is 0. The molecule has 6 nitrogen and oxygen atoms in total. The third kappa shape index (κ3) is 3.06. The van der Waals surface area contributed by atoms with Gasteiger partial charge in [-0.2, -0.15) is 0 Å². The van der Waals surface area contributed by atoms with Gasteiger partial charge in [-0.3, -0.25) is 9.36 Å². The van der Waals surface area contributed by atoms with E-state index in [9.17, 15) is 4.79 Å². The van der Waals surface area contributed by atoms with E-state index in [2.05, 4.69) is 20.5 Å². The fourth-order valence-corrected chi connectivity index (χ4v) is 1.90. The van der Waals surface area contributed by atoms with Crippen molar-refractivity contribution in [3.63, 3.8) is 0 Å². The second-order valence-electron chi connectivity index (χ2n) is 4.24. The van der Waals surface area contributed by atoms with Gasteiger partial charge in [-0.25, -0.2) is 4.98 Å². The maximum Gasteiger partial charge on any atom is 0.257 e. The summed E-state index contributed by atoms with van der Waals surface area (Å²) in [6, 6.07) is 10.5. The molecule has 104 valence electrons. The number of benzene rings is 1. The molecular formula is C14H10ClN5O. The Morgan fingerprint density at radius 1 is 1.14 bits per heavy atom. The lowest BCUT2D eigenvalue weighted by Crippen LogP contribution is -2.12. The van der Waals surface area contributed by atoms with Crippen molar-refractivity contribution in [2.24, 2.45) is 0 Å². The van der Waals surface area contributed by atoms with Crippen molar-refractivity contribution >= 4 is 23.2 Å². The molecule has 0 aliphatic heterocycles. The van der Waals surface area contributed by atoms with Crippen LogP contribution in [0.25, 0.3) is 5.69 Å². The second-order valence-corrected chi connectivity index (χ2v) is 4.63. The molecule has 0 bridgehead atoms. The molecule has 0 unspecified atom stereocenters. The van der Waals surface area contributed by atoms with Crippen LogP contribution in [0, 0.1) is 0 Å². The quantitative estimate of drug-likeness (QED) is 0.754. The van der Waals surface area contributed by atoms with Crippen LogP contribution in [0.5, 0.6) is 0 Å². The van der Waals surface area contributed by atoms with E-state index in [0.29, 0.717) is 16.4 Å². The SMILES string of the molecule is O=C(Nc1cccc(-n2cnnc2)c1)c1ccc(Cl)nc1. The standard InChI is InChI=1S/C14H10ClN5O/c15-13-5-4-10(7-16-13)14(21)19-11-2-1-3-12(6-11)20-8-17-18-9-20/h1-9H,(H,19,21). The van der Waals surface area contributed by atoms with Crippen molar-refractivity contribution in [2.75, 3.05) is 5.32 Å². The van der Waals surface area contributed by atoms with Gasteiger partial charge in [0, 0.05) is 11.9 Å². The molecule has 0 aliphatic rings. The molecule has 0 fully saturated rings. The highest BCUT2D eigenvalue weighted by molar-refractivity contribution is 6.29. The summed E-state index contributed by atoms with van der Waals surface area (Å²) < 4.78 is 1.75. The van der Waals surface area contributed by atoms with Crippen LogP contribution in [0.4, 0.5) is 5.69 Å². The minimum absolute atomic E-state index is 0.250. The molecule has 0 atom stereocenters. The van der Waals surface area contributed by atoms with Gasteiger partial charge in [-0.05, 0) is 30.3 Å². The summed E-state index contributed by atoms with van der Waals surface area (Å²) in [6.45, 7) is 0. The Morgan fingerprint density at radius 2 is 1.95 bits per heavy atom. The van der Waals surface area contributed by atoms with E-state index >= 15 is 0 Å². The van der Waals surface area contributed by atoms with Crippen molar-refractivity contribution in [3.05, 3.63) is 66.0 Å². The van der Waals surface area contributed by atoms with Crippen molar-refractivity contribution in [3.8, 4) is 5.69 Å². The lowest BCUT2D eigenvalue weighted by atomic mass is 10.2. The van der Waals surface area contributed by atoms with E-state index in [-0.39, 0.29) is 5.91 Å². The van der Waals surface area contributed by atoms with Gasteiger partial charge < -0.3 is 5.32 Å². The number of nitrogens with zero attached hydrogens (tertiary/aromatic N) is 4. The van der Waals surface area contributed by atoms with Gasteiger partial charge in [-0.15, -0.1) is 10.2 Å². The van der Waals surface area contributed by atoms with Gasteiger partial charge in [0.1, 0.15) is 17.8 Å². The third-order valence-electron chi connectivity index (χ3n) is 2.81. The lowest BCUT2D eigenvalue weighted by Gasteiger charge is -2.07. The van der Waals surface area contributed by atoms with Crippen LogP contribution in [-0.4, -0.2) is 25.7 Å². The summed E-state index contributed by atoms with van der Waals surface area (Å²) in [5.41, 5.74) is 1.96. The average molecular weight is 300 g/mol. The molecule has 1 N–H and O–H groups in total. The summed E-state index contributed by atoms with van der Waals surface area (Å²) >= 11 is 5.70. The number of hydrogen-bond acceptors (Lipinski definition) is 4. The van der Waals surface area contributed by atoms with Crippen molar-refractivity contribution in [2.45, 2.75) is 0 Å². The summed E-state index contributed by atoms with van der Waals surface area (Å²) in [5.74, 6) is -0.250. The zero-order valence-corrected chi connectivity index (χ0v) is 11.5. The zero-order chi connectivity index (χ0) is 14.7. The fraction of sp³-hybridized carbons (Fsp3) is 0. The molecule has 7 heteroatoms. The minimum Gasteiger partial charge on any atom is -0.322 e. The Labute approximate surface area is 125 Å². The number of amides is 1. The van der Waals surface area contributed by atoms with Gasteiger partial charge in [-0.1, -0.05) is 17.7 Å². The first-order chi connectivity index (χ1) is 10.2. The van der Waals surface area contributed by atoms with Gasteiger partial charge in [0.05, 0.1) is 11.3 Å². The molecule has 0 saturated heterocycles. The number of hydrogen-bond donors (Lipinski definition) is 1. The van der Waals surface area contributed by atoms with E-state index in [1.165, 1.54) is 6.20 Å². The smallest absolute Gasteiger partial charge is 0.257 e. The van der Waals surface area contributed by atoms with Crippen LogP contribution in [0.15, 0.2) is 55.2 Å². The predicted molar refractivity (Wildman–Crippen MR) is 78.6 cm³/mol. The molecule has 2 aromatic heterocycles. The van der Waals surface area contributed by atoms with E-state index in [0.717, 1.165) is 5.69 Å². The number of aromatic nitrogens is 4. The zero-order valence-electron chi connectivity index (χ0n) is 10.8. The van der Waals surface area contributed by atoms with E-state index in [1.807, 2.05) is 18.2 Å². The summed E-state index contributed by atoms with van der Waals surface area (Å²) in [4.78, 5) is 16.0. The molecule has 1 aromatic carbocycles. The minimum atomic E-state index is -0.250. The highest BCUT2D eigenvalue weighted by Crippen LogP contribution is 2.15. The maximum absolute atomic E-state index is 12.1. The van der Waals surface area contributed by atoms with Crippen LogP contribution in [0.2, 0.25) is 5.15 Å². The number of rotatable bonds is 3. The number of nitrogens with one attached hydrogen (secondary N) is 1. The second kappa shape index (κ2) is 5.72. The number of pyridine rings is 1. The molecule has 3 aromatic rings. The number of carbonyl (C=O) groups is 1. The topological polar surface area (TPSA) is 72.7 Å². The van der Waals surface area contributed by atoms with Crippen molar-refractivity contribution in [1.82, 2.24) is 19.7 Å². The maximum atomic E-state index is 12.1. The van der Waals surface area contributed by atoms with Crippen LogP contribution in [0.3, 0.4) is 0 Å². The first kappa shape index (κ1) is 13.3. The highest BCUT2D eigenvalue weighted by Gasteiger charge is 2.07. The van der Waals surface area contributed by atoms with Crippen LogP contribution in [0.1, 0.15) is 10.4 Å². The van der Waals surface area contributed by atoms with Crippen molar-refractivity contribution in [1.29, 1.82) is 0 Å². The first-order valence-electron chi connectivity index (χ1n) is 6.10. The average Bonchev–Trinajstić information content (AvgIpc) is 3.02. The van der Waals surface area contributed by atoms with Gasteiger partial charge >= 0.3 is 0 Å². The Balaban J connectivity index is 1.80. The van der Waals surface area contributed by atoms with E-state index in [4.69, 9.17) is 11.6 Å². The molecule has 21 heavy (non-hydrogen) atoms. The van der Waals surface area contributed by atoms with Crippen LogP contribution >= 0.6 is 11.6 Å². The molecule has 0 aliphatic carbocycles. The summed E-state index contributed by atoms with van der Waals surface area (Å²) in [6.07, 6.45) is 4.61. The molecule has 0 radical (unpaired) electrons. The van der Waals surface area contributed by atoms with Gasteiger partial charge in [0.25, 0.3) is 5.91 Å². The van der Waals surface area contributed by atoms with Crippen molar-refractivity contribution < 1.29 is 4.79 Å². The van der Waals surface area contributed by atoms with Crippen LogP contribution in [-0.2, 0) is 0 Å². The first-order valence-corrected chi connectivity index (χ1v) is 6.48. The summed E-state index contributed by atoms with van der Waals surface area (Å²) in [5, 5.41) is 10.7. The monoisotopic (exact) mass is 299 g/mol. The molecule has 0 spiro atoms. The number of carbonyl (C=O) groups excluding carboxylic acids is 1. The molecular weight excluding hydrogens is 290 g/mol. The van der Waals surface area contributed by atoms with Gasteiger partial charge in [0.2, 0.25) is 0 Å². The highest BCUT2D eigenvalue weighted by atomic mass is 35.5. The largest absolute Gasteiger partial charge is 0.322 e. The lowest BCUT2D eigenvalue weighted by molar-refractivity contribution is 0.102.